The van der Waals surface area contributed by atoms with Gasteiger partial charge in [-0.2, -0.15) is 5.10 Å². The van der Waals surface area contributed by atoms with E-state index in [-0.39, 0.29) is 24.1 Å². The Bertz CT molecular complexity index is 581. The molecule has 0 radical (unpaired) electrons. The molecule has 0 fully saturated rings. The number of nitrogens with one attached hydrogen (secondary N) is 1. The average Bonchev–Trinajstić information content (AvgIpc) is 2.82. The van der Waals surface area contributed by atoms with E-state index in [1.165, 1.54) is 10.9 Å². The van der Waals surface area contributed by atoms with Crippen molar-refractivity contribution in [3.05, 3.63) is 42.2 Å². The maximum atomic E-state index is 12.0. The third kappa shape index (κ3) is 3.16. The Morgan fingerprint density at radius 2 is 2.10 bits per heavy atom. The lowest BCUT2D eigenvalue weighted by Gasteiger charge is -2.10. The molecule has 6 heteroatoms. The standard InChI is InChI=1S/C14H17N3O3/c1-10(7-8-18)15-14(20)13-12(19)9-17(16-13)11-5-3-2-4-6-11/h2-6,9-10,18-19H,7-8H2,1H3,(H,15,20)/t10-/m1/s1. The molecule has 0 aliphatic rings. The number of hydrogen-bond donors (Lipinski definition) is 3. The van der Waals surface area contributed by atoms with Crippen molar-refractivity contribution < 1.29 is 15.0 Å². The average molecular weight is 275 g/mol. The third-order valence-electron chi connectivity index (χ3n) is 2.87. The Balaban J connectivity index is 2.17. The van der Waals surface area contributed by atoms with Crippen LogP contribution in [-0.4, -0.2) is 38.5 Å². The molecule has 0 aliphatic carbocycles. The molecule has 0 unspecified atom stereocenters. The van der Waals surface area contributed by atoms with Crippen molar-refractivity contribution in [3.8, 4) is 11.4 Å². The zero-order chi connectivity index (χ0) is 14.5. The molecule has 0 saturated carbocycles. The third-order valence-corrected chi connectivity index (χ3v) is 2.87. The van der Waals surface area contributed by atoms with E-state index in [0.717, 1.165) is 5.69 Å². The number of aliphatic hydroxyl groups is 1. The van der Waals surface area contributed by atoms with Crippen LogP contribution < -0.4 is 5.32 Å². The van der Waals surface area contributed by atoms with Crippen LogP contribution in [0.25, 0.3) is 5.69 Å². The molecular formula is C14H17N3O3. The van der Waals surface area contributed by atoms with Gasteiger partial charge in [0.05, 0.1) is 11.9 Å². The first kappa shape index (κ1) is 14.1. The van der Waals surface area contributed by atoms with Gasteiger partial charge in [0.25, 0.3) is 5.91 Å². The molecular weight excluding hydrogens is 258 g/mol. The summed E-state index contributed by atoms with van der Waals surface area (Å²) in [6.07, 6.45) is 1.84. The van der Waals surface area contributed by atoms with Crippen molar-refractivity contribution in [2.45, 2.75) is 19.4 Å². The first-order valence-corrected chi connectivity index (χ1v) is 6.37. The van der Waals surface area contributed by atoms with Crippen LogP contribution in [0.3, 0.4) is 0 Å². The molecule has 2 rings (SSSR count). The molecule has 1 aromatic heterocycles. The van der Waals surface area contributed by atoms with Crippen LogP contribution in [-0.2, 0) is 0 Å². The highest BCUT2D eigenvalue weighted by atomic mass is 16.3. The molecule has 0 saturated heterocycles. The fraction of sp³-hybridized carbons (Fsp3) is 0.286. The highest BCUT2D eigenvalue weighted by Crippen LogP contribution is 2.18. The number of nitrogens with zero attached hydrogens (tertiary/aromatic N) is 2. The second-order valence-corrected chi connectivity index (χ2v) is 4.53. The van der Waals surface area contributed by atoms with Crippen molar-refractivity contribution in [1.82, 2.24) is 15.1 Å². The van der Waals surface area contributed by atoms with Gasteiger partial charge in [0.15, 0.2) is 11.4 Å². The van der Waals surface area contributed by atoms with Gasteiger partial charge in [-0.1, -0.05) is 18.2 Å². The van der Waals surface area contributed by atoms with E-state index in [0.29, 0.717) is 6.42 Å². The summed E-state index contributed by atoms with van der Waals surface area (Å²) in [6, 6.07) is 9.02. The number of carbonyl (C=O) groups is 1. The Morgan fingerprint density at radius 1 is 1.40 bits per heavy atom. The number of amides is 1. The summed E-state index contributed by atoms with van der Waals surface area (Å²) in [5, 5.41) is 25.4. The predicted molar refractivity (Wildman–Crippen MR) is 73.9 cm³/mol. The van der Waals surface area contributed by atoms with Crippen molar-refractivity contribution in [1.29, 1.82) is 0 Å². The number of aromatic nitrogens is 2. The Hall–Kier alpha value is -2.34. The molecule has 1 heterocycles. The van der Waals surface area contributed by atoms with E-state index < -0.39 is 5.91 Å². The second kappa shape index (κ2) is 6.21. The van der Waals surface area contributed by atoms with Gasteiger partial charge in [0.2, 0.25) is 0 Å². The predicted octanol–water partition coefficient (Wildman–Crippen LogP) is 1.08. The van der Waals surface area contributed by atoms with Crippen molar-refractivity contribution in [2.24, 2.45) is 0 Å². The first-order chi connectivity index (χ1) is 9.61. The number of aliphatic hydroxyl groups excluding tert-OH is 1. The lowest BCUT2D eigenvalue weighted by molar-refractivity contribution is 0.0926. The Labute approximate surface area is 116 Å². The highest BCUT2D eigenvalue weighted by Gasteiger charge is 2.18. The summed E-state index contributed by atoms with van der Waals surface area (Å²) < 4.78 is 1.45. The number of hydrogen-bond acceptors (Lipinski definition) is 4. The van der Waals surface area contributed by atoms with Crippen LogP contribution in [0, 0.1) is 0 Å². The van der Waals surface area contributed by atoms with E-state index in [4.69, 9.17) is 5.11 Å². The van der Waals surface area contributed by atoms with Gasteiger partial charge in [-0.05, 0) is 25.5 Å². The van der Waals surface area contributed by atoms with Gasteiger partial charge < -0.3 is 15.5 Å². The van der Waals surface area contributed by atoms with Crippen LogP contribution in [0.2, 0.25) is 0 Å². The number of carbonyl (C=O) groups excluding carboxylic acids is 1. The molecule has 106 valence electrons. The summed E-state index contributed by atoms with van der Waals surface area (Å²) in [7, 11) is 0. The normalized spacial score (nSPS) is 12.1. The van der Waals surface area contributed by atoms with E-state index in [2.05, 4.69) is 10.4 Å². The van der Waals surface area contributed by atoms with E-state index in [9.17, 15) is 9.90 Å². The van der Waals surface area contributed by atoms with Crippen LogP contribution in [0.15, 0.2) is 36.5 Å². The number of rotatable bonds is 5. The zero-order valence-electron chi connectivity index (χ0n) is 11.2. The van der Waals surface area contributed by atoms with E-state index in [1.54, 1.807) is 6.92 Å². The van der Waals surface area contributed by atoms with Crippen molar-refractivity contribution >= 4 is 5.91 Å². The smallest absolute Gasteiger partial charge is 0.275 e. The molecule has 0 aliphatic heterocycles. The highest BCUT2D eigenvalue weighted by molar-refractivity contribution is 5.94. The number of para-hydroxylation sites is 1. The zero-order valence-corrected chi connectivity index (χ0v) is 11.2. The maximum Gasteiger partial charge on any atom is 0.275 e. The fourth-order valence-electron chi connectivity index (χ4n) is 1.80. The monoisotopic (exact) mass is 275 g/mol. The topological polar surface area (TPSA) is 87.4 Å². The molecule has 0 spiro atoms. The molecule has 1 atom stereocenters. The number of benzene rings is 1. The lowest BCUT2D eigenvalue weighted by atomic mass is 10.2. The second-order valence-electron chi connectivity index (χ2n) is 4.53. The van der Waals surface area contributed by atoms with Crippen LogP contribution in [0.5, 0.6) is 5.75 Å². The molecule has 6 nitrogen and oxygen atoms in total. The molecule has 20 heavy (non-hydrogen) atoms. The van der Waals surface area contributed by atoms with Gasteiger partial charge in [-0.3, -0.25) is 4.79 Å². The van der Waals surface area contributed by atoms with Gasteiger partial charge in [-0.25, -0.2) is 4.68 Å². The Kier molecular flexibility index (Phi) is 4.37. The lowest BCUT2D eigenvalue weighted by Crippen LogP contribution is -2.33. The van der Waals surface area contributed by atoms with Gasteiger partial charge in [0, 0.05) is 12.6 Å². The summed E-state index contributed by atoms with van der Waals surface area (Å²) >= 11 is 0. The van der Waals surface area contributed by atoms with Crippen molar-refractivity contribution in [2.75, 3.05) is 6.61 Å². The molecule has 3 N–H and O–H groups in total. The SMILES string of the molecule is C[C@H](CCO)NC(=O)c1nn(-c2ccccc2)cc1O. The van der Waals surface area contributed by atoms with Gasteiger partial charge >= 0.3 is 0 Å². The quantitative estimate of drug-likeness (QED) is 0.762. The van der Waals surface area contributed by atoms with E-state index in [1.807, 2.05) is 30.3 Å². The number of aromatic hydroxyl groups is 1. The van der Waals surface area contributed by atoms with Gasteiger partial charge in [0.1, 0.15) is 0 Å². The first-order valence-electron chi connectivity index (χ1n) is 6.37. The van der Waals surface area contributed by atoms with E-state index >= 15 is 0 Å². The van der Waals surface area contributed by atoms with Crippen LogP contribution in [0.1, 0.15) is 23.8 Å². The molecule has 0 bridgehead atoms. The minimum Gasteiger partial charge on any atom is -0.504 e. The summed E-state index contributed by atoms with van der Waals surface area (Å²) in [5.41, 5.74) is 0.726. The largest absolute Gasteiger partial charge is 0.504 e. The summed E-state index contributed by atoms with van der Waals surface area (Å²) in [4.78, 5) is 12.0. The van der Waals surface area contributed by atoms with Crippen LogP contribution >= 0.6 is 0 Å². The van der Waals surface area contributed by atoms with Crippen LogP contribution in [0.4, 0.5) is 0 Å². The summed E-state index contributed by atoms with van der Waals surface area (Å²) in [6.45, 7) is 1.77. The minimum absolute atomic E-state index is 0.00805. The maximum absolute atomic E-state index is 12.0. The Morgan fingerprint density at radius 3 is 2.75 bits per heavy atom. The summed E-state index contributed by atoms with van der Waals surface area (Å²) in [5.74, 6) is -0.638. The van der Waals surface area contributed by atoms with Crippen molar-refractivity contribution in [3.63, 3.8) is 0 Å². The minimum atomic E-state index is -0.460. The molecule has 2 aromatic rings. The molecule has 1 aromatic carbocycles. The van der Waals surface area contributed by atoms with Gasteiger partial charge in [-0.15, -0.1) is 0 Å². The fourth-order valence-corrected chi connectivity index (χ4v) is 1.80. The molecule has 1 amide bonds.